The molecule has 0 heterocycles. The molecule has 1 amide bonds. The van der Waals surface area contributed by atoms with Gasteiger partial charge in [0.2, 0.25) is 0 Å². The van der Waals surface area contributed by atoms with Crippen molar-refractivity contribution >= 4 is 35.1 Å². The van der Waals surface area contributed by atoms with Gasteiger partial charge in [-0.25, -0.2) is 4.79 Å². The van der Waals surface area contributed by atoms with Crippen LogP contribution in [-0.4, -0.2) is 31.6 Å². The monoisotopic (exact) mass is 367 g/mol. The molecule has 0 spiro atoms. The number of amides is 1. The second-order valence-corrected chi connectivity index (χ2v) is 5.53. The Morgan fingerprint density at radius 1 is 1.00 bits per heavy atom. The fourth-order valence-corrected chi connectivity index (χ4v) is 2.06. The first-order chi connectivity index (χ1) is 11.6. The highest BCUT2D eigenvalue weighted by Crippen LogP contribution is 2.22. The van der Waals surface area contributed by atoms with Crippen molar-refractivity contribution in [2.24, 2.45) is 0 Å². The topological polar surface area (TPSA) is 64.6 Å². The Labute approximate surface area is 149 Å². The van der Waals surface area contributed by atoms with Crippen molar-refractivity contribution in [3.63, 3.8) is 0 Å². The van der Waals surface area contributed by atoms with Gasteiger partial charge in [-0.1, -0.05) is 41.4 Å². The summed E-state index contributed by atoms with van der Waals surface area (Å²) >= 11 is 11.6. The summed E-state index contributed by atoms with van der Waals surface area (Å²) in [7, 11) is 0. The van der Waals surface area contributed by atoms with Gasteiger partial charge in [0.15, 0.2) is 6.61 Å². The second kappa shape index (κ2) is 9.15. The highest BCUT2D eigenvalue weighted by Gasteiger charge is 2.11. The van der Waals surface area contributed by atoms with Gasteiger partial charge < -0.3 is 14.8 Å². The molecular formula is C17H15Cl2NO4. The lowest BCUT2D eigenvalue weighted by atomic mass is 10.2. The van der Waals surface area contributed by atoms with Gasteiger partial charge in [0, 0.05) is 0 Å². The van der Waals surface area contributed by atoms with Crippen molar-refractivity contribution in [1.29, 1.82) is 0 Å². The van der Waals surface area contributed by atoms with Crippen LogP contribution in [-0.2, 0) is 9.53 Å². The van der Waals surface area contributed by atoms with E-state index in [-0.39, 0.29) is 17.2 Å². The summed E-state index contributed by atoms with van der Waals surface area (Å²) in [6, 6.07) is 13.6. The van der Waals surface area contributed by atoms with E-state index in [2.05, 4.69) is 5.32 Å². The molecule has 1 N–H and O–H groups in total. The Bertz CT molecular complexity index is 707. The molecule has 0 aromatic heterocycles. The molecule has 0 fully saturated rings. The number of esters is 1. The number of rotatable bonds is 7. The van der Waals surface area contributed by atoms with E-state index in [0.29, 0.717) is 18.2 Å². The Morgan fingerprint density at radius 3 is 2.46 bits per heavy atom. The van der Waals surface area contributed by atoms with Crippen molar-refractivity contribution in [3.05, 3.63) is 64.1 Å². The molecule has 7 heteroatoms. The molecule has 0 atom stereocenters. The SMILES string of the molecule is O=C(COC(=O)c1ccc(Cl)c(Cl)c1)NCCOc1ccccc1. The van der Waals surface area contributed by atoms with E-state index >= 15 is 0 Å². The summed E-state index contributed by atoms with van der Waals surface area (Å²) in [5.74, 6) is -0.345. The molecule has 0 aliphatic heterocycles. The number of hydrogen-bond acceptors (Lipinski definition) is 4. The minimum atomic E-state index is -0.649. The summed E-state index contributed by atoms with van der Waals surface area (Å²) in [5.41, 5.74) is 0.226. The molecular weight excluding hydrogens is 353 g/mol. The highest BCUT2D eigenvalue weighted by molar-refractivity contribution is 6.42. The number of hydrogen-bond donors (Lipinski definition) is 1. The number of nitrogens with one attached hydrogen (secondary N) is 1. The van der Waals surface area contributed by atoms with Crippen LogP contribution < -0.4 is 10.1 Å². The van der Waals surface area contributed by atoms with Gasteiger partial charge in [-0.2, -0.15) is 0 Å². The van der Waals surface area contributed by atoms with Gasteiger partial charge >= 0.3 is 5.97 Å². The van der Waals surface area contributed by atoms with E-state index in [1.807, 2.05) is 30.3 Å². The zero-order chi connectivity index (χ0) is 17.4. The van der Waals surface area contributed by atoms with Crippen molar-refractivity contribution in [2.45, 2.75) is 0 Å². The van der Waals surface area contributed by atoms with Crippen LogP contribution in [0.4, 0.5) is 0 Å². The van der Waals surface area contributed by atoms with E-state index in [9.17, 15) is 9.59 Å². The highest BCUT2D eigenvalue weighted by atomic mass is 35.5. The quantitative estimate of drug-likeness (QED) is 0.601. The lowest BCUT2D eigenvalue weighted by Crippen LogP contribution is -2.32. The fourth-order valence-electron chi connectivity index (χ4n) is 1.76. The number of halogens is 2. The van der Waals surface area contributed by atoms with Crippen LogP contribution in [0.25, 0.3) is 0 Å². The standard InChI is InChI=1S/C17H15Cl2NO4/c18-14-7-6-12(10-15(14)19)17(22)24-11-16(21)20-8-9-23-13-4-2-1-3-5-13/h1-7,10H,8-9,11H2,(H,20,21). The fraction of sp³-hybridized carbons (Fsp3) is 0.176. The summed E-state index contributed by atoms with van der Waals surface area (Å²) in [6.07, 6.45) is 0. The largest absolute Gasteiger partial charge is 0.492 e. The van der Waals surface area contributed by atoms with Crippen molar-refractivity contribution in [3.8, 4) is 5.75 Å². The molecule has 5 nitrogen and oxygen atoms in total. The maximum Gasteiger partial charge on any atom is 0.338 e. The predicted molar refractivity (Wildman–Crippen MR) is 91.7 cm³/mol. The molecule has 24 heavy (non-hydrogen) atoms. The first-order valence-electron chi connectivity index (χ1n) is 7.13. The van der Waals surface area contributed by atoms with E-state index in [1.54, 1.807) is 0 Å². The van der Waals surface area contributed by atoms with Gasteiger partial charge in [-0.15, -0.1) is 0 Å². The molecule has 0 unspecified atom stereocenters. The van der Waals surface area contributed by atoms with Gasteiger partial charge in [-0.3, -0.25) is 4.79 Å². The zero-order valence-corrected chi connectivity index (χ0v) is 14.1. The molecule has 0 saturated carbocycles. The summed E-state index contributed by atoms with van der Waals surface area (Å²) in [4.78, 5) is 23.4. The first-order valence-corrected chi connectivity index (χ1v) is 7.88. The van der Waals surface area contributed by atoms with Gasteiger partial charge in [0.05, 0.1) is 22.2 Å². The van der Waals surface area contributed by atoms with Gasteiger partial charge in [0.25, 0.3) is 5.91 Å². The van der Waals surface area contributed by atoms with Gasteiger partial charge in [-0.05, 0) is 30.3 Å². The Hall–Kier alpha value is -2.24. The third-order valence-corrected chi connectivity index (χ3v) is 3.66. The van der Waals surface area contributed by atoms with E-state index in [4.69, 9.17) is 32.7 Å². The third-order valence-electron chi connectivity index (χ3n) is 2.93. The van der Waals surface area contributed by atoms with Crippen molar-refractivity contribution < 1.29 is 19.1 Å². The molecule has 0 bridgehead atoms. The molecule has 0 aliphatic carbocycles. The van der Waals surface area contributed by atoms with Crippen LogP contribution in [0.1, 0.15) is 10.4 Å². The van der Waals surface area contributed by atoms with Crippen LogP contribution in [0.3, 0.4) is 0 Å². The molecule has 2 aromatic rings. The van der Waals surface area contributed by atoms with Crippen LogP contribution in [0.5, 0.6) is 5.75 Å². The molecule has 2 aromatic carbocycles. The molecule has 126 valence electrons. The number of benzene rings is 2. The van der Waals surface area contributed by atoms with E-state index in [0.717, 1.165) is 5.75 Å². The molecule has 0 aliphatic rings. The van der Waals surface area contributed by atoms with Crippen LogP contribution in [0.15, 0.2) is 48.5 Å². The normalized spacial score (nSPS) is 10.1. The van der Waals surface area contributed by atoms with E-state index < -0.39 is 11.9 Å². The van der Waals surface area contributed by atoms with Crippen LogP contribution in [0.2, 0.25) is 10.0 Å². The maximum absolute atomic E-state index is 11.8. The van der Waals surface area contributed by atoms with Crippen molar-refractivity contribution in [1.82, 2.24) is 5.32 Å². The number of carbonyl (C=O) groups excluding carboxylic acids is 2. The second-order valence-electron chi connectivity index (χ2n) is 4.72. The molecule has 0 saturated heterocycles. The minimum Gasteiger partial charge on any atom is -0.492 e. The Morgan fingerprint density at radius 2 is 1.75 bits per heavy atom. The average Bonchev–Trinajstić information content (AvgIpc) is 2.60. The van der Waals surface area contributed by atoms with Crippen LogP contribution in [0, 0.1) is 0 Å². The van der Waals surface area contributed by atoms with Gasteiger partial charge in [0.1, 0.15) is 12.4 Å². The number of carbonyl (C=O) groups is 2. The Kier molecular flexibility index (Phi) is 6.90. The van der Waals surface area contributed by atoms with Crippen LogP contribution >= 0.6 is 23.2 Å². The number of ether oxygens (including phenoxy) is 2. The zero-order valence-electron chi connectivity index (χ0n) is 12.6. The van der Waals surface area contributed by atoms with Crippen molar-refractivity contribution in [2.75, 3.05) is 19.8 Å². The smallest absolute Gasteiger partial charge is 0.338 e. The Balaban J connectivity index is 1.67. The minimum absolute atomic E-state index is 0.226. The summed E-state index contributed by atoms with van der Waals surface area (Å²) < 4.78 is 10.3. The third kappa shape index (κ3) is 5.76. The summed E-state index contributed by atoms with van der Waals surface area (Å²) in [6.45, 7) is 0.235. The number of para-hydroxylation sites is 1. The lowest BCUT2D eigenvalue weighted by molar-refractivity contribution is -0.124. The predicted octanol–water partition coefficient (Wildman–Crippen LogP) is 3.35. The van der Waals surface area contributed by atoms with E-state index in [1.165, 1.54) is 18.2 Å². The lowest BCUT2D eigenvalue weighted by Gasteiger charge is -2.08. The molecule has 2 rings (SSSR count). The molecule has 0 radical (unpaired) electrons. The summed E-state index contributed by atoms with van der Waals surface area (Å²) in [5, 5.41) is 3.17. The maximum atomic E-state index is 11.8. The average molecular weight is 368 g/mol. The first kappa shape index (κ1) is 18.1.